The van der Waals surface area contributed by atoms with Gasteiger partial charge in [0, 0.05) is 30.9 Å². The van der Waals surface area contributed by atoms with Gasteiger partial charge in [0.05, 0.1) is 5.02 Å². The molecule has 1 fully saturated rings. The molecule has 7 heteroatoms. The molecular formula is C21H23ClN2O4. The number of likely N-dealkylation sites (tertiary alicyclic amines) is 1. The molecule has 0 aliphatic carbocycles. The molecule has 2 aliphatic rings. The summed E-state index contributed by atoms with van der Waals surface area (Å²) in [5.74, 6) is 2.02. The van der Waals surface area contributed by atoms with Crippen molar-refractivity contribution in [1.29, 1.82) is 0 Å². The molecule has 1 atom stereocenters. The van der Waals surface area contributed by atoms with Crippen molar-refractivity contribution >= 4 is 23.2 Å². The van der Waals surface area contributed by atoms with Gasteiger partial charge in [-0.25, -0.2) is 0 Å². The molecule has 2 heterocycles. The summed E-state index contributed by atoms with van der Waals surface area (Å²) < 4.78 is 16.8. The van der Waals surface area contributed by atoms with Crippen LogP contribution in [0.15, 0.2) is 42.5 Å². The van der Waals surface area contributed by atoms with Crippen molar-refractivity contribution < 1.29 is 19.0 Å². The van der Waals surface area contributed by atoms with Gasteiger partial charge in [-0.2, -0.15) is 0 Å². The molecule has 2 aliphatic heterocycles. The van der Waals surface area contributed by atoms with Crippen LogP contribution in [-0.4, -0.2) is 49.8 Å². The third-order valence-corrected chi connectivity index (χ3v) is 5.19. The van der Waals surface area contributed by atoms with Gasteiger partial charge in [0.25, 0.3) is 5.91 Å². The zero-order valence-electron chi connectivity index (χ0n) is 15.5. The van der Waals surface area contributed by atoms with Crippen LogP contribution in [0.2, 0.25) is 5.02 Å². The summed E-state index contributed by atoms with van der Waals surface area (Å²) in [5, 5.41) is 4.01. The van der Waals surface area contributed by atoms with Gasteiger partial charge < -0.3 is 24.4 Å². The monoisotopic (exact) mass is 402 g/mol. The first kappa shape index (κ1) is 18.7. The number of halogens is 1. The number of carbonyl (C=O) groups is 1. The van der Waals surface area contributed by atoms with Crippen molar-refractivity contribution in [2.75, 3.05) is 38.2 Å². The third kappa shape index (κ3) is 4.44. The van der Waals surface area contributed by atoms with Crippen LogP contribution in [-0.2, 0) is 4.79 Å². The Labute approximate surface area is 169 Å². The minimum absolute atomic E-state index is 0.0134. The van der Waals surface area contributed by atoms with Crippen LogP contribution in [0.25, 0.3) is 0 Å². The second-order valence-corrected chi connectivity index (χ2v) is 7.31. The molecule has 4 rings (SSSR count). The molecule has 0 saturated carbocycles. The molecule has 2 aromatic carbocycles. The number of hydrogen-bond donors (Lipinski definition) is 1. The molecule has 0 aromatic heterocycles. The lowest BCUT2D eigenvalue weighted by atomic mass is 10.1. The largest absolute Gasteiger partial charge is 0.486 e. The lowest BCUT2D eigenvalue weighted by Crippen LogP contribution is -2.46. The van der Waals surface area contributed by atoms with Gasteiger partial charge >= 0.3 is 0 Å². The van der Waals surface area contributed by atoms with E-state index >= 15 is 0 Å². The van der Waals surface area contributed by atoms with E-state index < -0.39 is 0 Å². The van der Waals surface area contributed by atoms with E-state index in [4.69, 9.17) is 25.8 Å². The van der Waals surface area contributed by atoms with E-state index in [1.54, 1.807) is 12.1 Å². The smallest absolute Gasteiger partial charge is 0.260 e. The Bertz CT molecular complexity index is 845. The van der Waals surface area contributed by atoms with E-state index in [0.29, 0.717) is 30.5 Å². The lowest BCUT2D eigenvalue weighted by molar-refractivity contribution is -0.134. The van der Waals surface area contributed by atoms with Gasteiger partial charge in [-0.15, -0.1) is 0 Å². The summed E-state index contributed by atoms with van der Waals surface area (Å²) in [4.78, 5) is 14.4. The van der Waals surface area contributed by atoms with Crippen LogP contribution >= 0.6 is 11.6 Å². The second-order valence-electron chi connectivity index (χ2n) is 6.90. The summed E-state index contributed by atoms with van der Waals surface area (Å²) in [7, 11) is 0. The number of piperidine rings is 1. The third-order valence-electron chi connectivity index (χ3n) is 4.87. The number of fused-ring (bicyclic) bond motifs is 1. The van der Waals surface area contributed by atoms with Crippen molar-refractivity contribution in [2.45, 2.75) is 18.9 Å². The molecule has 1 amide bonds. The molecule has 2 aromatic rings. The van der Waals surface area contributed by atoms with Crippen molar-refractivity contribution in [1.82, 2.24) is 4.90 Å². The second kappa shape index (κ2) is 8.61. The van der Waals surface area contributed by atoms with Gasteiger partial charge in [-0.05, 0) is 37.1 Å². The van der Waals surface area contributed by atoms with Crippen LogP contribution < -0.4 is 19.5 Å². The number of hydrogen-bond acceptors (Lipinski definition) is 5. The SMILES string of the molecule is O=C(COc1ccccc1Cl)N1CCCC(Nc2ccc3c(c2)OCCO3)C1. The zero-order valence-corrected chi connectivity index (χ0v) is 16.3. The number of nitrogens with zero attached hydrogens (tertiary/aromatic N) is 1. The lowest BCUT2D eigenvalue weighted by Gasteiger charge is -2.34. The number of nitrogens with one attached hydrogen (secondary N) is 1. The Kier molecular flexibility index (Phi) is 5.76. The average molecular weight is 403 g/mol. The summed E-state index contributed by atoms with van der Waals surface area (Å²) in [6, 6.07) is 13.2. The maximum atomic E-state index is 12.6. The van der Waals surface area contributed by atoms with E-state index in [9.17, 15) is 4.79 Å². The fourth-order valence-corrected chi connectivity index (χ4v) is 3.67. The first-order valence-electron chi connectivity index (χ1n) is 9.50. The first-order valence-corrected chi connectivity index (χ1v) is 9.88. The molecule has 1 unspecified atom stereocenters. The quantitative estimate of drug-likeness (QED) is 0.828. The molecule has 0 radical (unpaired) electrons. The number of carbonyl (C=O) groups excluding carboxylic acids is 1. The number of ether oxygens (including phenoxy) is 3. The molecular weight excluding hydrogens is 380 g/mol. The van der Waals surface area contributed by atoms with E-state index in [2.05, 4.69) is 5.32 Å². The fourth-order valence-electron chi connectivity index (χ4n) is 3.48. The predicted octanol–water partition coefficient (Wildman–Crippen LogP) is 3.59. The molecule has 1 saturated heterocycles. The van der Waals surface area contributed by atoms with E-state index in [-0.39, 0.29) is 18.6 Å². The van der Waals surface area contributed by atoms with E-state index in [0.717, 1.165) is 36.6 Å². The Hall–Kier alpha value is -2.60. The summed E-state index contributed by atoms with van der Waals surface area (Å²) in [6.07, 6.45) is 1.95. The summed E-state index contributed by atoms with van der Waals surface area (Å²) in [6.45, 7) is 2.51. The van der Waals surface area contributed by atoms with Gasteiger partial charge in [0.15, 0.2) is 18.1 Å². The topological polar surface area (TPSA) is 60.0 Å². The number of para-hydroxylation sites is 1. The molecule has 6 nitrogen and oxygen atoms in total. The Morgan fingerprint density at radius 1 is 1.18 bits per heavy atom. The van der Waals surface area contributed by atoms with Crippen LogP contribution in [0.1, 0.15) is 12.8 Å². The maximum absolute atomic E-state index is 12.6. The highest BCUT2D eigenvalue weighted by atomic mass is 35.5. The van der Waals surface area contributed by atoms with E-state index in [1.807, 2.05) is 35.2 Å². The predicted molar refractivity (Wildman–Crippen MR) is 108 cm³/mol. The zero-order chi connectivity index (χ0) is 19.3. The summed E-state index contributed by atoms with van der Waals surface area (Å²) >= 11 is 6.08. The van der Waals surface area contributed by atoms with Gasteiger partial charge in [-0.1, -0.05) is 23.7 Å². The summed E-state index contributed by atoms with van der Waals surface area (Å²) in [5.41, 5.74) is 0.968. The Balaban J connectivity index is 1.32. The molecule has 0 bridgehead atoms. The molecule has 28 heavy (non-hydrogen) atoms. The van der Waals surface area contributed by atoms with Crippen molar-refractivity contribution in [2.24, 2.45) is 0 Å². The van der Waals surface area contributed by atoms with Crippen LogP contribution in [0, 0.1) is 0 Å². The normalized spacial score (nSPS) is 18.5. The van der Waals surface area contributed by atoms with Crippen LogP contribution in [0.3, 0.4) is 0 Å². The minimum atomic E-state index is -0.0337. The highest BCUT2D eigenvalue weighted by Gasteiger charge is 2.24. The van der Waals surface area contributed by atoms with E-state index in [1.165, 1.54) is 0 Å². The molecule has 148 valence electrons. The van der Waals surface area contributed by atoms with Crippen molar-refractivity contribution in [3.63, 3.8) is 0 Å². The minimum Gasteiger partial charge on any atom is -0.486 e. The standard InChI is InChI=1S/C21H23ClN2O4/c22-17-5-1-2-6-18(17)28-14-21(25)24-9-3-4-16(13-24)23-15-7-8-19-20(12-15)27-11-10-26-19/h1-2,5-8,12,16,23H,3-4,9-11,13-14H2. The highest BCUT2D eigenvalue weighted by Crippen LogP contribution is 2.33. The first-order chi connectivity index (χ1) is 13.7. The number of anilines is 1. The van der Waals surface area contributed by atoms with Crippen molar-refractivity contribution in [3.05, 3.63) is 47.5 Å². The molecule has 0 spiro atoms. The number of benzene rings is 2. The Morgan fingerprint density at radius 3 is 2.86 bits per heavy atom. The maximum Gasteiger partial charge on any atom is 0.260 e. The number of amides is 1. The average Bonchev–Trinajstić information content (AvgIpc) is 2.73. The molecule has 1 N–H and O–H groups in total. The van der Waals surface area contributed by atoms with Gasteiger partial charge in [0.1, 0.15) is 19.0 Å². The van der Waals surface area contributed by atoms with Crippen molar-refractivity contribution in [3.8, 4) is 17.2 Å². The fraction of sp³-hybridized carbons (Fsp3) is 0.381. The number of rotatable bonds is 5. The highest BCUT2D eigenvalue weighted by molar-refractivity contribution is 6.32. The Morgan fingerprint density at radius 2 is 2.00 bits per heavy atom. The van der Waals surface area contributed by atoms with Gasteiger partial charge in [0.2, 0.25) is 0 Å². The van der Waals surface area contributed by atoms with Crippen LogP contribution in [0.4, 0.5) is 5.69 Å². The van der Waals surface area contributed by atoms with Crippen LogP contribution in [0.5, 0.6) is 17.2 Å². The van der Waals surface area contributed by atoms with Gasteiger partial charge in [-0.3, -0.25) is 4.79 Å².